The summed E-state index contributed by atoms with van der Waals surface area (Å²) in [7, 11) is 0.170. The van der Waals surface area contributed by atoms with Gasteiger partial charge in [-0.3, -0.25) is 4.90 Å². The monoisotopic (exact) mass is 726 g/mol. The molecule has 278 valence electrons. The maximum atomic E-state index is 15.5. The highest BCUT2D eigenvalue weighted by atomic mass is 32.2. The van der Waals surface area contributed by atoms with Gasteiger partial charge >= 0.3 is 0 Å². The zero-order chi connectivity index (χ0) is 36.1. The molecule has 4 aliphatic heterocycles. The lowest BCUT2D eigenvalue weighted by molar-refractivity contribution is 0.0981. The molecule has 51 heavy (non-hydrogen) atoms. The van der Waals surface area contributed by atoms with Crippen LogP contribution in [0, 0.1) is 0 Å². The predicted octanol–water partition coefficient (Wildman–Crippen LogP) is 4.81. The number of nitrogens with one attached hydrogen (secondary N) is 2. The molecular weight excluding hydrogens is 676 g/mol. The molecule has 0 spiro atoms. The van der Waals surface area contributed by atoms with Gasteiger partial charge < -0.3 is 34.6 Å². The molecule has 1 aromatic heterocycles. The number of anilines is 4. The number of hydrogen-bond donors (Lipinski definition) is 2. The molecule has 1 aliphatic carbocycles. The number of ether oxygens (including phenoxy) is 3. The van der Waals surface area contributed by atoms with Crippen LogP contribution in [0.25, 0.3) is 6.08 Å². The summed E-state index contributed by atoms with van der Waals surface area (Å²) >= 11 is 0. The number of hydrogen-bond acceptors (Lipinski definition) is 12. The number of halogens is 1. The molecule has 7 rings (SSSR count). The Balaban J connectivity index is 1.31. The fourth-order valence-electron chi connectivity index (χ4n) is 7.26. The Hall–Kier alpha value is -3.92. The van der Waals surface area contributed by atoms with Crippen LogP contribution in [0.1, 0.15) is 44.6 Å². The van der Waals surface area contributed by atoms with Crippen LogP contribution in [-0.2, 0) is 14.8 Å². The van der Waals surface area contributed by atoms with Gasteiger partial charge in [-0.1, -0.05) is 19.6 Å². The first-order valence-electron chi connectivity index (χ1n) is 17.8. The fraction of sp³-hybridized carbons (Fsp3) is 0.556. The smallest absolute Gasteiger partial charge is 0.229 e. The number of sulfonamides is 1. The van der Waals surface area contributed by atoms with E-state index in [-0.39, 0.29) is 31.3 Å². The normalized spacial score (nSPS) is 21.5. The minimum Gasteiger partial charge on any atom is -0.495 e. The lowest BCUT2D eigenvalue weighted by atomic mass is 10.0. The van der Waals surface area contributed by atoms with Crippen molar-refractivity contribution in [3.05, 3.63) is 53.8 Å². The number of aromatic nitrogens is 2. The zero-order valence-electron chi connectivity index (χ0n) is 30.2. The Bertz CT molecular complexity index is 1740. The van der Waals surface area contributed by atoms with Crippen molar-refractivity contribution in [3.63, 3.8) is 0 Å². The number of fused-ring (bicyclic) bond motifs is 7. The summed E-state index contributed by atoms with van der Waals surface area (Å²) in [6.07, 6.45) is 9.07. The van der Waals surface area contributed by atoms with Crippen LogP contribution in [0.4, 0.5) is 27.5 Å². The summed E-state index contributed by atoms with van der Waals surface area (Å²) in [5.41, 5.74) is 2.47. The van der Waals surface area contributed by atoms with Crippen molar-refractivity contribution < 1.29 is 27.0 Å². The van der Waals surface area contributed by atoms with Crippen molar-refractivity contribution in [1.82, 2.24) is 24.1 Å². The van der Waals surface area contributed by atoms with Gasteiger partial charge in [-0.25, -0.2) is 17.8 Å². The highest BCUT2D eigenvalue weighted by molar-refractivity contribution is 7.88. The molecule has 1 atom stereocenters. The van der Waals surface area contributed by atoms with Crippen LogP contribution in [0.2, 0.25) is 0 Å². The molecule has 0 saturated carbocycles. The Kier molecular flexibility index (Phi) is 11.7. The maximum absolute atomic E-state index is 15.5. The third kappa shape index (κ3) is 8.59. The van der Waals surface area contributed by atoms with E-state index in [2.05, 4.69) is 43.9 Å². The Morgan fingerprint density at radius 1 is 1.10 bits per heavy atom. The van der Waals surface area contributed by atoms with Gasteiger partial charge in [0.2, 0.25) is 16.0 Å². The van der Waals surface area contributed by atoms with Gasteiger partial charge in [0, 0.05) is 87.9 Å². The van der Waals surface area contributed by atoms with Crippen molar-refractivity contribution in [1.29, 1.82) is 0 Å². The standard InChI is InChI=1S/C36H51FN8O5S/c1-6-25-24-38-36-40-29-21-34(31(23-33(29)48-4)44-12-10-26(11-13-44)43-16-14-42(3)15-17-43)50-19-9-8-18-49-32-22-30(45(7-2)51(5,46)47)28(20-27(32)37)39-35(25)41-36/h6,20-21,23-24,26,30H,1,7-19,22H2,2-5H3,(H2,38,39,40,41). The topological polar surface area (TPSA) is 125 Å². The zero-order valence-corrected chi connectivity index (χ0v) is 31.0. The van der Waals surface area contributed by atoms with Crippen molar-refractivity contribution in [2.45, 2.75) is 51.1 Å². The average Bonchev–Trinajstić information content (AvgIpc) is 3.11. The third-order valence-corrected chi connectivity index (χ3v) is 11.5. The lowest BCUT2D eigenvalue weighted by Gasteiger charge is -2.42. The summed E-state index contributed by atoms with van der Waals surface area (Å²) in [4.78, 5) is 16.7. The summed E-state index contributed by atoms with van der Waals surface area (Å²) in [5, 5.41) is 6.51. The van der Waals surface area contributed by atoms with E-state index in [0.29, 0.717) is 54.0 Å². The molecule has 1 unspecified atom stereocenters. The molecule has 2 aromatic rings. The van der Waals surface area contributed by atoms with E-state index < -0.39 is 21.9 Å². The minimum atomic E-state index is -3.65. The Morgan fingerprint density at radius 2 is 1.82 bits per heavy atom. The van der Waals surface area contributed by atoms with E-state index in [9.17, 15) is 8.42 Å². The predicted molar refractivity (Wildman–Crippen MR) is 199 cm³/mol. The molecular formula is C36H51FN8O5S. The van der Waals surface area contributed by atoms with Crippen molar-refractivity contribution in [2.75, 3.05) is 95.0 Å². The Labute approximate surface area is 301 Å². The van der Waals surface area contributed by atoms with Gasteiger partial charge in [-0.2, -0.15) is 9.29 Å². The largest absolute Gasteiger partial charge is 0.495 e. The Morgan fingerprint density at radius 3 is 2.49 bits per heavy atom. The lowest BCUT2D eigenvalue weighted by Crippen LogP contribution is -2.52. The number of nitrogens with zero attached hydrogens (tertiary/aromatic N) is 6. The van der Waals surface area contributed by atoms with Crippen LogP contribution < -0.4 is 25.0 Å². The highest BCUT2D eigenvalue weighted by Crippen LogP contribution is 2.41. The molecule has 5 heterocycles. The van der Waals surface area contributed by atoms with E-state index in [0.717, 1.165) is 69.8 Å². The first kappa shape index (κ1) is 36.9. The van der Waals surface area contributed by atoms with Gasteiger partial charge in [-0.05, 0) is 38.8 Å². The average molecular weight is 727 g/mol. The second-order valence-corrected chi connectivity index (χ2v) is 15.4. The quantitative estimate of drug-likeness (QED) is 0.407. The first-order chi connectivity index (χ1) is 24.6. The second kappa shape index (κ2) is 16.2. The van der Waals surface area contributed by atoms with Crippen LogP contribution in [0.15, 0.2) is 48.3 Å². The summed E-state index contributed by atoms with van der Waals surface area (Å²) in [6, 6.07) is 3.78. The number of piperidine rings is 1. The first-order valence-corrected chi connectivity index (χ1v) is 19.7. The van der Waals surface area contributed by atoms with E-state index >= 15 is 4.39 Å². The molecule has 0 amide bonds. The maximum Gasteiger partial charge on any atom is 0.229 e. The number of benzene rings is 1. The number of allylic oxidation sites excluding steroid dienone is 2. The number of piperazine rings is 1. The molecule has 2 N–H and O–H groups in total. The SMILES string of the molecule is C=Cc1cnc2nc1NC1=CC(F)=C(CC1N(CC)S(C)(=O)=O)OCCCCOc1cc(c(OC)cc1N1CCC(N3CCN(C)CC3)CC1)N2. The van der Waals surface area contributed by atoms with Gasteiger partial charge in [0.15, 0.2) is 5.83 Å². The van der Waals surface area contributed by atoms with E-state index in [4.69, 9.17) is 19.2 Å². The molecule has 0 radical (unpaired) electrons. The molecule has 2 saturated heterocycles. The summed E-state index contributed by atoms with van der Waals surface area (Å²) in [5.74, 6) is 1.46. The number of likely N-dealkylation sites (N-methyl/N-ethyl adjacent to an activating group) is 2. The van der Waals surface area contributed by atoms with Crippen molar-refractivity contribution in [2.24, 2.45) is 0 Å². The van der Waals surface area contributed by atoms with Gasteiger partial charge in [0.25, 0.3) is 0 Å². The second-order valence-electron chi connectivity index (χ2n) is 13.5. The summed E-state index contributed by atoms with van der Waals surface area (Å²) < 4.78 is 60.9. The van der Waals surface area contributed by atoms with Crippen LogP contribution >= 0.6 is 0 Å². The van der Waals surface area contributed by atoms with Crippen molar-refractivity contribution in [3.8, 4) is 11.5 Å². The third-order valence-electron chi connectivity index (χ3n) is 10.1. The number of methoxy groups -OCH3 is 1. The minimum absolute atomic E-state index is 0.0261. The molecule has 2 fully saturated rings. The number of rotatable bonds is 7. The van der Waals surface area contributed by atoms with E-state index in [1.54, 1.807) is 26.3 Å². The van der Waals surface area contributed by atoms with Crippen LogP contribution in [0.3, 0.4) is 0 Å². The van der Waals surface area contributed by atoms with E-state index in [1.807, 2.05) is 12.1 Å². The molecule has 15 heteroatoms. The van der Waals surface area contributed by atoms with E-state index in [1.165, 1.54) is 10.4 Å². The highest BCUT2D eigenvalue weighted by Gasteiger charge is 2.35. The molecule has 5 aliphatic rings. The van der Waals surface area contributed by atoms with Gasteiger partial charge in [0.05, 0.1) is 44.0 Å². The van der Waals surface area contributed by atoms with Gasteiger partial charge in [-0.15, -0.1) is 0 Å². The van der Waals surface area contributed by atoms with Crippen molar-refractivity contribution >= 4 is 39.2 Å². The van der Waals surface area contributed by atoms with Gasteiger partial charge in [0.1, 0.15) is 23.1 Å². The molecule has 1 aromatic carbocycles. The summed E-state index contributed by atoms with van der Waals surface area (Å²) in [6.45, 7) is 12.8. The fourth-order valence-corrected chi connectivity index (χ4v) is 8.38. The molecule has 6 bridgehead atoms. The van der Waals surface area contributed by atoms with Crippen LogP contribution in [0.5, 0.6) is 11.5 Å². The van der Waals surface area contributed by atoms with Crippen LogP contribution in [-0.4, -0.2) is 124 Å². The molecule has 13 nitrogen and oxygen atoms in total.